The maximum Gasteiger partial charge on any atom is 0.145 e. The average Bonchev–Trinajstić information content (AvgIpc) is 2.85. The molecule has 0 bridgehead atoms. The zero-order valence-electron chi connectivity index (χ0n) is 8.73. The third kappa shape index (κ3) is 2.78. The Morgan fingerprint density at radius 1 is 1.53 bits per heavy atom. The Morgan fingerprint density at radius 2 is 2.35 bits per heavy atom. The second kappa shape index (κ2) is 5.50. The fourth-order valence-corrected chi connectivity index (χ4v) is 2.17. The highest BCUT2D eigenvalue weighted by molar-refractivity contribution is 6.99. The first-order valence-corrected chi connectivity index (χ1v) is 5.99. The number of nitrogens with one attached hydrogen (secondary N) is 1. The van der Waals surface area contributed by atoms with Gasteiger partial charge >= 0.3 is 0 Å². The van der Waals surface area contributed by atoms with Crippen molar-refractivity contribution in [2.24, 2.45) is 5.84 Å². The molecule has 1 unspecified atom stereocenters. The quantitative estimate of drug-likeness (QED) is 0.661. The van der Waals surface area contributed by atoms with Gasteiger partial charge in [-0.3, -0.25) is 11.3 Å². The van der Waals surface area contributed by atoms with E-state index >= 15 is 0 Å². The molecule has 2 rings (SSSR count). The van der Waals surface area contributed by atoms with Crippen LogP contribution in [0.1, 0.15) is 17.3 Å². The van der Waals surface area contributed by atoms with E-state index in [-0.39, 0.29) is 11.1 Å². The topological polar surface area (TPSA) is 63.8 Å². The third-order valence-corrected chi connectivity index (χ3v) is 3.18. The highest BCUT2D eigenvalue weighted by Gasteiger charge is 2.16. The fraction of sp³-hybridized carbons (Fsp3) is 0.200. The van der Waals surface area contributed by atoms with Gasteiger partial charge in [-0.15, -0.1) is 0 Å². The number of halogens is 2. The summed E-state index contributed by atoms with van der Waals surface area (Å²) < 4.78 is 21.7. The van der Waals surface area contributed by atoms with Gasteiger partial charge in [-0.1, -0.05) is 23.7 Å². The molecule has 0 radical (unpaired) electrons. The van der Waals surface area contributed by atoms with Gasteiger partial charge in [-0.05, 0) is 18.1 Å². The predicted octanol–water partition coefficient (Wildman–Crippen LogP) is 2.08. The van der Waals surface area contributed by atoms with Crippen LogP contribution >= 0.6 is 23.3 Å². The van der Waals surface area contributed by atoms with Crippen molar-refractivity contribution in [2.75, 3.05) is 0 Å². The highest BCUT2D eigenvalue weighted by atomic mass is 35.5. The van der Waals surface area contributed by atoms with Gasteiger partial charge in [0.15, 0.2) is 0 Å². The summed E-state index contributed by atoms with van der Waals surface area (Å²) in [7, 11) is 0. The van der Waals surface area contributed by atoms with Crippen LogP contribution in [0, 0.1) is 5.82 Å². The molecule has 1 aromatic heterocycles. The number of hydrogen-bond donors (Lipinski definition) is 2. The van der Waals surface area contributed by atoms with E-state index in [0.29, 0.717) is 17.7 Å². The number of aromatic nitrogens is 2. The van der Waals surface area contributed by atoms with E-state index in [1.807, 2.05) is 0 Å². The molecule has 1 aromatic carbocycles. The van der Waals surface area contributed by atoms with Gasteiger partial charge in [0.25, 0.3) is 0 Å². The first-order chi connectivity index (χ1) is 8.22. The molecule has 0 aliphatic carbocycles. The molecule has 7 heteroatoms. The van der Waals surface area contributed by atoms with Crippen LogP contribution in [-0.4, -0.2) is 8.75 Å². The normalized spacial score (nSPS) is 12.6. The molecule has 0 spiro atoms. The smallest absolute Gasteiger partial charge is 0.145 e. The van der Waals surface area contributed by atoms with Crippen molar-refractivity contribution in [3.8, 4) is 0 Å². The van der Waals surface area contributed by atoms with Crippen LogP contribution in [-0.2, 0) is 6.42 Å². The number of nitrogens with zero attached hydrogens (tertiary/aromatic N) is 2. The molecule has 1 atom stereocenters. The molecular weight excluding hydrogens is 263 g/mol. The summed E-state index contributed by atoms with van der Waals surface area (Å²) >= 11 is 6.80. The number of hydrazine groups is 1. The molecule has 0 amide bonds. The summed E-state index contributed by atoms with van der Waals surface area (Å²) in [6.07, 6.45) is 1.98. The average molecular weight is 273 g/mol. The van der Waals surface area contributed by atoms with Crippen LogP contribution in [0.4, 0.5) is 4.39 Å². The number of hydrogen-bond acceptors (Lipinski definition) is 5. The van der Waals surface area contributed by atoms with E-state index in [1.54, 1.807) is 18.3 Å². The Kier molecular flexibility index (Phi) is 4.01. The summed E-state index contributed by atoms with van der Waals surface area (Å²) in [4.78, 5) is 0. The van der Waals surface area contributed by atoms with Gasteiger partial charge in [0, 0.05) is 0 Å². The van der Waals surface area contributed by atoms with Crippen molar-refractivity contribution >= 4 is 23.3 Å². The van der Waals surface area contributed by atoms with Gasteiger partial charge in [0.1, 0.15) is 5.82 Å². The lowest BCUT2D eigenvalue weighted by molar-refractivity contribution is 0.522. The molecule has 1 heterocycles. The molecule has 90 valence electrons. The minimum atomic E-state index is -0.419. The fourth-order valence-electron chi connectivity index (χ4n) is 1.50. The lowest BCUT2D eigenvalue weighted by atomic mass is 10.0. The Balaban J connectivity index is 2.22. The zero-order valence-corrected chi connectivity index (χ0v) is 10.3. The zero-order chi connectivity index (χ0) is 12.3. The molecule has 4 nitrogen and oxygen atoms in total. The van der Waals surface area contributed by atoms with Crippen LogP contribution in [0.2, 0.25) is 5.02 Å². The van der Waals surface area contributed by atoms with Crippen LogP contribution in [0.25, 0.3) is 0 Å². The summed E-state index contributed by atoms with van der Waals surface area (Å²) in [6.45, 7) is 0. The van der Waals surface area contributed by atoms with Crippen LogP contribution in [0.5, 0.6) is 0 Å². The third-order valence-electron chi connectivity index (χ3n) is 2.39. The first-order valence-electron chi connectivity index (χ1n) is 4.89. The van der Waals surface area contributed by atoms with Crippen molar-refractivity contribution in [3.63, 3.8) is 0 Å². The van der Waals surface area contributed by atoms with E-state index in [1.165, 1.54) is 6.07 Å². The molecule has 0 saturated carbocycles. The molecule has 2 aromatic rings. The second-order valence-electron chi connectivity index (χ2n) is 3.47. The largest absolute Gasteiger partial charge is 0.271 e. The lowest BCUT2D eigenvalue weighted by Crippen LogP contribution is -2.30. The molecule has 0 fully saturated rings. The van der Waals surface area contributed by atoms with Crippen LogP contribution in [0.15, 0.2) is 24.4 Å². The monoisotopic (exact) mass is 272 g/mol. The predicted molar refractivity (Wildman–Crippen MR) is 65.1 cm³/mol. The Morgan fingerprint density at radius 3 is 3.00 bits per heavy atom. The summed E-state index contributed by atoms with van der Waals surface area (Å²) in [5.74, 6) is 5.01. The summed E-state index contributed by atoms with van der Waals surface area (Å²) in [5.41, 5.74) is 3.78. The number of rotatable bonds is 4. The standard InChI is InChI=1S/C10H10ClFN4S/c11-7-3-1-2-6(10(7)12)4-8(15-13)9-5-14-17-16-9/h1-3,5,8,15H,4,13H2. The molecule has 0 saturated heterocycles. The molecule has 0 aliphatic heterocycles. The van der Waals surface area contributed by atoms with Gasteiger partial charge in [0.05, 0.1) is 34.7 Å². The molecule has 17 heavy (non-hydrogen) atoms. The van der Waals surface area contributed by atoms with Gasteiger partial charge in [-0.2, -0.15) is 8.75 Å². The minimum absolute atomic E-state index is 0.106. The number of nitrogens with two attached hydrogens (primary N) is 1. The lowest BCUT2D eigenvalue weighted by Gasteiger charge is -2.13. The van der Waals surface area contributed by atoms with Gasteiger partial charge in [-0.25, -0.2) is 4.39 Å². The minimum Gasteiger partial charge on any atom is -0.271 e. The van der Waals surface area contributed by atoms with Crippen molar-refractivity contribution in [1.82, 2.24) is 14.2 Å². The van der Waals surface area contributed by atoms with Crippen LogP contribution < -0.4 is 11.3 Å². The summed E-state index contributed by atoms with van der Waals surface area (Å²) in [6, 6.07) is 4.61. The van der Waals surface area contributed by atoms with Gasteiger partial charge in [0.2, 0.25) is 0 Å². The Bertz CT molecular complexity index is 491. The van der Waals surface area contributed by atoms with Crippen molar-refractivity contribution in [3.05, 3.63) is 46.5 Å². The maximum atomic E-state index is 13.7. The maximum absolute atomic E-state index is 13.7. The van der Waals surface area contributed by atoms with E-state index < -0.39 is 5.82 Å². The number of benzene rings is 1. The molecule has 0 aliphatic rings. The van der Waals surface area contributed by atoms with E-state index in [0.717, 1.165) is 11.7 Å². The molecular formula is C10H10ClFN4S. The highest BCUT2D eigenvalue weighted by Crippen LogP contribution is 2.22. The van der Waals surface area contributed by atoms with E-state index in [2.05, 4.69) is 14.2 Å². The SMILES string of the molecule is NNC(Cc1cccc(Cl)c1F)c1cnsn1. The van der Waals surface area contributed by atoms with Crippen LogP contribution in [0.3, 0.4) is 0 Å². The first kappa shape index (κ1) is 12.4. The molecule has 3 N–H and O–H groups in total. The van der Waals surface area contributed by atoms with E-state index in [4.69, 9.17) is 17.4 Å². The van der Waals surface area contributed by atoms with Gasteiger partial charge < -0.3 is 0 Å². The Labute approximate surface area is 107 Å². The van der Waals surface area contributed by atoms with Crippen molar-refractivity contribution in [2.45, 2.75) is 12.5 Å². The summed E-state index contributed by atoms with van der Waals surface area (Å²) in [5, 5.41) is 0.106. The Hall–Kier alpha value is -1.08. The van der Waals surface area contributed by atoms with E-state index in [9.17, 15) is 4.39 Å². The second-order valence-corrected chi connectivity index (χ2v) is 4.43. The van der Waals surface area contributed by atoms with Crippen molar-refractivity contribution in [1.29, 1.82) is 0 Å². The van der Waals surface area contributed by atoms with Crippen molar-refractivity contribution < 1.29 is 4.39 Å².